The summed E-state index contributed by atoms with van der Waals surface area (Å²) < 4.78 is 18.5. The standard InChI is InChI=1S/C36H41NO4SSi/c1-26(41-43(36(2,3)4,30-18-12-8-13-19-30)31-20-14-9-15-21-31)33-34(38)37(35(33)42-29-16-10-7-11-17-29)25-27-22-23-28(39-5)24-32(27)40-6/h7-24,26,33,35H,25H2,1-6H3/t26-,33+,35?/m1/s1. The van der Waals surface area contributed by atoms with E-state index in [0.29, 0.717) is 12.3 Å². The van der Waals surface area contributed by atoms with Gasteiger partial charge in [0.15, 0.2) is 0 Å². The molecule has 5 nitrogen and oxygen atoms in total. The van der Waals surface area contributed by atoms with Gasteiger partial charge in [-0.15, -0.1) is 11.8 Å². The zero-order valence-corrected chi connectivity index (χ0v) is 27.6. The monoisotopic (exact) mass is 611 g/mol. The quantitative estimate of drug-likeness (QED) is 0.139. The van der Waals surface area contributed by atoms with E-state index in [-0.39, 0.29) is 28.3 Å². The second-order valence-electron chi connectivity index (χ2n) is 12.0. The molecule has 0 N–H and O–H groups in total. The molecule has 224 valence electrons. The number of carbonyl (C=O) groups excluding carboxylic acids is 1. The fraction of sp³-hybridized carbons (Fsp3) is 0.306. The van der Waals surface area contributed by atoms with Crippen LogP contribution in [0.3, 0.4) is 0 Å². The number of β-lactam (4-membered cyclic amide) rings is 1. The number of rotatable bonds is 11. The molecule has 1 heterocycles. The van der Waals surface area contributed by atoms with Gasteiger partial charge in [-0.3, -0.25) is 4.79 Å². The zero-order chi connectivity index (χ0) is 30.6. The van der Waals surface area contributed by atoms with Gasteiger partial charge >= 0.3 is 0 Å². The number of amides is 1. The Bertz CT molecular complexity index is 1470. The molecule has 7 heteroatoms. The molecule has 1 saturated heterocycles. The number of ether oxygens (including phenoxy) is 2. The second kappa shape index (κ2) is 13.0. The van der Waals surface area contributed by atoms with Crippen molar-refractivity contribution in [2.45, 2.75) is 55.7 Å². The van der Waals surface area contributed by atoms with E-state index < -0.39 is 8.32 Å². The summed E-state index contributed by atoms with van der Waals surface area (Å²) in [5.41, 5.74) is 0.939. The molecule has 3 atom stereocenters. The summed E-state index contributed by atoms with van der Waals surface area (Å²) in [7, 11) is 0.440. The lowest BCUT2D eigenvalue weighted by Gasteiger charge is -2.52. The summed E-state index contributed by atoms with van der Waals surface area (Å²) >= 11 is 1.72. The van der Waals surface area contributed by atoms with Crippen LogP contribution in [-0.4, -0.2) is 44.8 Å². The fourth-order valence-corrected chi connectivity index (χ4v) is 12.2. The second-order valence-corrected chi connectivity index (χ2v) is 17.4. The van der Waals surface area contributed by atoms with E-state index in [1.165, 1.54) is 10.4 Å². The van der Waals surface area contributed by atoms with Crippen LogP contribution in [-0.2, 0) is 15.8 Å². The maximum absolute atomic E-state index is 14.1. The Morgan fingerprint density at radius 2 is 1.37 bits per heavy atom. The van der Waals surface area contributed by atoms with Crippen LogP contribution in [0.2, 0.25) is 5.04 Å². The molecule has 0 saturated carbocycles. The number of methoxy groups -OCH3 is 2. The Morgan fingerprint density at radius 1 is 0.814 bits per heavy atom. The van der Waals surface area contributed by atoms with Crippen LogP contribution in [0.4, 0.5) is 0 Å². The minimum atomic E-state index is -2.84. The van der Waals surface area contributed by atoms with Gasteiger partial charge in [0.2, 0.25) is 5.91 Å². The molecule has 43 heavy (non-hydrogen) atoms. The minimum Gasteiger partial charge on any atom is -0.497 e. The van der Waals surface area contributed by atoms with Gasteiger partial charge in [-0.05, 0) is 46.6 Å². The molecule has 1 amide bonds. The summed E-state index contributed by atoms with van der Waals surface area (Å²) in [6.07, 6.45) is -0.311. The average Bonchev–Trinajstić information content (AvgIpc) is 3.03. The SMILES string of the molecule is COc1ccc(CN2C(=O)[C@H]([C@@H](C)O[Si](c3ccccc3)(c3ccccc3)C(C)(C)C)C2Sc2ccccc2)c(OC)c1. The summed E-state index contributed by atoms with van der Waals surface area (Å²) in [6.45, 7) is 9.34. The van der Waals surface area contributed by atoms with Crippen molar-refractivity contribution in [3.05, 3.63) is 115 Å². The predicted octanol–water partition coefficient (Wildman–Crippen LogP) is 6.75. The summed E-state index contributed by atoms with van der Waals surface area (Å²) in [5.74, 6) is 1.21. The molecule has 1 aliphatic heterocycles. The Labute approximate surface area is 261 Å². The Morgan fingerprint density at radius 3 is 1.88 bits per heavy atom. The van der Waals surface area contributed by atoms with Gasteiger partial charge in [-0.2, -0.15) is 0 Å². The highest BCUT2D eigenvalue weighted by atomic mass is 32.2. The van der Waals surface area contributed by atoms with Crippen molar-refractivity contribution in [3.63, 3.8) is 0 Å². The first-order chi connectivity index (χ1) is 20.7. The maximum atomic E-state index is 14.1. The van der Waals surface area contributed by atoms with Gasteiger partial charge < -0.3 is 18.8 Å². The number of hydrogen-bond acceptors (Lipinski definition) is 5. The topological polar surface area (TPSA) is 48.0 Å². The van der Waals surface area contributed by atoms with Crippen molar-refractivity contribution in [2.75, 3.05) is 14.2 Å². The van der Waals surface area contributed by atoms with Crippen LogP contribution in [0.5, 0.6) is 11.5 Å². The third-order valence-corrected chi connectivity index (χ3v) is 14.8. The van der Waals surface area contributed by atoms with Crippen molar-refractivity contribution in [2.24, 2.45) is 5.92 Å². The lowest BCUT2D eigenvalue weighted by Crippen LogP contribution is -2.70. The molecule has 4 aromatic carbocycles. The molecule has 0 aromatic heterocycles. The molecular formula is C36H41NO4SSi. The van der Waals surface area contributed by atoms with Crippen LogP contribution in [0.25, 0.3) is 0 Å². The number of likely N-dealkylation sites (tertiary alicyclic amines) is 1. The van der Waals surface area contributed by atoms with Crippen molar-refractivity contribution in [1.82, 2.24) is 4.90 Å². The largest absolute Gasteiger partial charge is 0.497 e. The van der Waals surface area contributed by atoms with Crippen molar-refractivity contribution in [1.29, 1.82) is 0 Å². The Balaban J connectivity index is 1.52. The number of nitrogens with zero attached hydrogens (tertiary/aromatic N) is 1. The maximum Gasteiger partial charge on any atom is 0.261 e. The van der Waals surface area contributed by atoms with Crippen molar-refractivity contribution >= 4 is 36.4 Å². The fourth-order valence-electron chi connectivity index (χ4n) is 6.14. The minimum absolute atomic E-state index is 0.0942. The first-order valence-electron chi connectivity index (χ1n) is 14.7. The normalized spacial score (nSPS) is 17.7. The van der Waals surface area contributed by atoms with Gasteiger partial charge in [0.25, 0.3) is 8.32 Å². The van der Waals surface area contributed by atoms with E-state index >= 15 is 0 Å². The summed E-state index contributed by atoms with van der Waals surface area (Å²) in [5, 5.41) is 2.13. The van der Waals surface area contributed by atoms with Crippen LogP contribution in [0.1, 0.15) is 33.3 Å². The molecular weight excluding hydrogens is 571 g/mol. The molecule has 0 spiro atoms. The van der Waals surface area contributed by atoms with Gasteiger partial charge in [-0.25, -0.2) is 0 Å². The summed E-state index contributed by atoms with van der Waals surface area (Å²) in [6, 6.07) is 37.3. The van der Waals surface area contributed by atoms with E-state index in [2.05, 4.69) is 88.4 Å². The average molecular weight is 612 g/mol. The molecule has 4 aromatic rings. The van der Waals surface area contributed by atoms with Crippen LogP contribution in [0, 0.1) is 5.92 Å². The molecule has 0 bridgehead atoms. The van der Waals surface area contributed by atoms with Crippen molar-refractivity contribution in [3.8, 4) is 11.5 Å². The smallest absolute Gasteiger partial charge is 0.261 e. The van der Waals surface area contributed by atoms with Gasteiger partial charge in [0, 0.05) is 16.5 Å². The van der Waals surface area contributed by atoms with E-state index in [9.17, 15) is 4.79 Å². The molecule has 1 fully saturated rings. The predicted molar refractivity (Wildman–Crippen MR) is 178 cm³/mol. The Kier molecular flexibility index (Phi) is 9.35. The third-order valence-electron chi connectivity index (χ3n) is 8.30. The third kappa shape index (κ3) is 6.12. The highest BCUT2D eigenvalue weighted by Gasteiger charge is 2.56. The van der Waals surface area contributed by atoms with Crippen LogP contribution in [0.15, 0.2) is 114 Å². The molecule has 1 unspecified atom stereocenters. The number of benzene rings is 4. The van der Waals surface area contributed by atoms with E-state index in [4.69, 9.17) is 13.9 Å². The molecule has 0 radical (unpaired) electrons. The molecule has 0 aliphatic carbocycles. The number of hydrogen-bond donors (Lipinski definition) is 0. The lowest BCUT2D eigenvalue weighted by molar-refractivity contribution is -0.157. The highest BCUT2D eigenvalue weighted by Crippen LogP contribution is 2.46. The lowest BCUT2D eigenvalue weighted by atomic mass is 9.92. The van der Waals surface area contributed by atoms with Crippen molar-refractivity contribution < 1.29 is 18.7 Å². The first kappa shape index (κ1) is 30.9. The highest BCUT2D eigenvalue weighted by molar-refractivity contribution is 8.00. The Hall–Kier alpha value is -3.52. The van der Waals surface area contributed by atoms with Gasteiger partial charge in [-0.1, -0.05) is 99.6 Å². The first-order valence-corrected chi connectivity index (χ1v) is 17.5. The van der Waals surface area contributed by atoms with Gasteiger partial charge in [0.05, 0.1) is 38.2 Å². The van der Waals surface area contributed by atoms with Crippen LogP contribution >= 0.6 is 11.8 Å². The molecule has 1 aliphatic rings. The van der Waals surface area contributed by atoms with Crippen LogP contribution < -0.4 is 19.8 Å². The van der Waals surface area contributed by atoms with E-state index in [0.717, 1.165) is 16.2 Å². The van der Waals surface area contributed by atoms with E-state index in [1.807, 2.05) is 53.4 Å². The zero-order valence-electron chi connectivity index (χ0n) is 25.8. The molecule has 5 rings (SSSR count). The summed E-state index contributed by atoms with van der Waals surface area (Å²) in [4.78, 5) is 17.2. The number of carbonyl (C=O) groups is 1. The number of thioether (sulfide) groups is 1. The van der Waals surface area contributed by atoms with Gasteiger partial charge in [0.1, 0.15) is 11.5 Å². The van der Waals surface area contributed by atoms with E-state index in [1.54, 1.807) is 26.0 Å².